The van der Waals surface area contributed by atoms with Crippen LogP contribution in [0.5, 0.6) is 0 Å². The Balaban J connectivity index is 2.39. The molecule has 0 aromatic heterocycles. The molecule has 0 N–H and O–H groups in total. The van der Waals surface area contributed by atoms with Gasteiger partial charge in [-0.2, -0.15) is 0 Å². The third-order valence-corrected chi connectivity index (χ3v) is 25.2. The Morgan fingerprint density at radius 1 is 0.750 bits per heavy atom. The molecule has 24 heavy (non-hydrogen) atoms. The molecule has 0 saturated heterocycles. The van der Waals surface area contributed by atoms with E-state index in [1.807, 2.05) is 4.03 Å². The summed E-state index contributed by atoms with van der Waals surface area (Å²) in [5, 5.41) is 0. The Morgan fingerprint density at radius 3 is 1.88 bits per heavy atom. The SMILES string of the molecule is CC[Si](CC)(CC)[C]1=C(c2ccccc2)c2cccc[c]2[Ge]1([CH3])[CH3]. The molecule has 2 aromatic rings. The van der Waals surface area contributed by atoms with Gasteiger partial charge in [-0.05, 0) is 0 Å². The Labute approximate surface area is 151 Å². The van der Waals surface area contributed by atoms with Crippen molar-refractivity contribution < 1.29 is 0 Å². The van der Waals surface area contributed by atoms with Crippen molar-refractivity contribution in [2.75, 3.05) is 0 Å². The molecular formula is C22H30GeSi. The molecule has 2 aromatic carbocycles. The van der Waals surface area contributed by atoms with E-state index in [9.17, 15) is 0 Å². The normalized spacial score (nSPS) is 16.4. The van der Waals surface area contributed by atoms with Crippen LogP contribution in [0.1, 0.15) is 31.9 Å². The fourth-order valence-electron chi connectivity index (χ4n) is 4.94. The summed E-state index contributed by atoms with van der Waals surface area (Å²) in [7, 11) is -1.40. The second-order valence-corrected chi connectivity index (χ2v) is 22.9. The zero-order chi connectivity index (χ0) is 17.4. The predicted molar refractivity (Wildman–Crippen MR) is 113 cm³/mol. The van der Waals surface area contributed by atoms with Gasteiger partial charge < -0.3 is 0 Å². The minimum atomic E-state index is -2.20. The first kappa shape index (κ1) is 17.8. The fraction of sp³-hybridized carbons (Fsp3) is 0.364. The van der Waals surface area contributed by atoms with Gasteiger partial charge in [0, 0.05) is 0 Å². The molecule has 0 bridgehead atoms. The van der Waals surface area contributed by atoms with Crippen LogP contribution in [-0.2, 0) is 0 Å². The summed E-state index contributed by atoms with van der Waals surface area (Å²) in [6.07, 6.45) is 0. The molecule has 0 fully saturated rings. The quantitative estimate of drug-likeness (QED) is 0.545. The molecule has 0 atom stereocenters. The predicted octanol–water partition coefficient (Wildman–Crippen LogP) is 6.00. The van der Waals surface area contributed by atoms with E-state index in [0.29, 0.717) is 0 Å². The summed E-state index contributed by atoms with van der Waals surface area (Å²) in [6.45, 7) is 7.36. The van der Waals surface area contributed by atoms with Crippen molar-refractivity contribution in [3.63, 3.8) is 0 Å². The Kier molecular flexibility index (Phi) is 4.94. The zero-order valence-corrected chi connectivity index (χ0v) is 18.9. The maximum absolute atomic E-state index is 2.65. The van der Waals surface area contributed by atoms with Crippen LogP contribution in [-0.4, -0.2) is 21.3 Å². The van der Waals surface area contributed by atoms with Gasteiger partial charge in [0.25, 0.3) is 0 Å². The van der Waals surface area contributed by atoms with Gasteiger partial charge in [0.15, 0.2) is 0 Å². The molecule has 0 unspecified atom stereocenters. The third kappa shape index (κ3) is 2.57. The van der Waals surface area contributed by atoms with Crippen molar-refractivity contribution in [1.82, 2.24) is 0 Å². The van der Waals surface area contributed by atoms with Crippen molar-refractivity contribution in [1.29, 1.82) is 0 Å². The van der Waals surface area contributed by atoms with Crippen LogP contribution in [0.4, 0.5) is 0 Å². The van der Waals surface area contributed by atoms with Gasteiger partial charge >= 0.3 is 151 Å². The van der Waals surface area contributed by atoms with Gasteiger partial charge in [-0.15, -0.1) is 0 Å². The van der Waals surface area contributed by atoms with Crippen molar-refractivity contribution in [2.24, 2.45) is 0 Å². The van der Waals surface area contributed by atoms with Crippen LogP contribution in [0.2, 0.25) is 29.6 Å². The van der Waals surface area contributed by atoms with E-state index in [0.717, 1.165) is 0 Å². The van der Waals surface area contributed by atoms with Crippen molar-refractivity contribution in [3.8, 4) is 0 Å². The van der Waals surface area contributed by atoms with Crippen molar-refractivity contribution >= 4 is 31.3 Å². The van der Waals surface area contributed by atoms with Crippen molar-refractivity contribution in [3.05, 3.63) is 69.8 Å². The van der Waals surface area contributed by atoms with E-state index in [4.69, 9.17) is 0 Å². The second-order valence-electron chi connectivity index (χ2n) is 7.63. The van der Waals surface area contributed by atoms with E-state index >= 15 is 0 Å². The number of hydrogen-bond acceptors (Lipinski definition) is 0. The molecule has 1 heterocycles. The Hall–Kier alpha value is -1.06. The third-order valence-electron chi connectivity index (χ3n) is 6.37. The summed E-state index contributed by atoms with van der Waals surface area (Å²) in [6, 6.07) is 24.7. The van der Waals surface area contributed by atoms with E-state index in [1.165, 1.54) is 23.7 Å². The van der Waals surface area contributed by atoms with E-state index in [2.05, 4.69) is 86.9 Å². The number of rotatable bonds is 5. The van der Waals surface area contributed by atoms with E-state index < -0.39 is 21.3 Å². The van der Waals surface area contributed by atoms with Crippen LogP contribution < -0.4 is 4.40 Å². The summed E-state index contributed by atoms with van der Waals surface area (Å²) >= 11 is -2.20. The Bertz CT molecular complexity index is 746. The van der Waals surface area contributed by atoms with Crippen LogP contribution in [0.15, 0.2) is 58.6 Å². The summed E-state index contributed by atoms with van der Waals surface area (Å²) < 4.78 is 3.68. The first-order chi connectivity index (χ1) is 11.5. The number of hydrogen-bond donors (Lipinski definition) is 0. The van der Waals surface area contributed by atoms with Gasteiger partial charge in [-0.3, -0.25) is 0 Å². The molecule has 0 spiro atoms. The molecule has 0 radical (unpaired) electrons. The van der Waals surface area contributed by atoms with Crippen LogP contribution in [0.3, 0.4) is 0 Å². The van der Waals surface area contributed by atoms with E-state index in [1.54, 1.807) is 15.5 Å². The molecule has 1 aliphatic rings. The average molecular weight is 395 g/mol. The first-order valence-electron chi connectivity index (χ1n) is 9.42. The molecule has 0 nitrogen and oxygen atoms in total. The van der Waals surface area contributed by atoms with Gasteiger partial charge in [-0.1, -0.05) is 0 Å². The van der Waals surface area contributed by atoms with Gasteiger partial charge in [-0.25, -0.2) is 0 Å². The molecule has 2 heteroatoms. The van der Waals surface area contributed by atoms with Gasteiger partial charge in [0.1, 0.15) is 0 Å². The molecule has 0 aliphatic carbocycles. The topological polar surface area (TPSA) is 0 Å². The number of fused-ring (bicyclic) bond motifs is 1. The van der Waals surface area contributed by atoms with Crippen molar-refractivity contribution in [2.45, 2.75) is 50.4 Å². The van der Waals surface area contributed by atoms with Crippen LogP contribution in [0, 0.1) is 0 Å². The fourth-order valence-corrected chi connectivity index (χ4v) is 27.4. The second kappa shape index (κ2) is 6.68. The van der Waals surface area contributed by atoms with Gasteiger partial charge in [0.2, 0.25) is 0 Å². The van der Waals surface area contributed by atoms with Gasteiger partial charge in [0.05, 0.1) is 0 Å². The van der Waals surface area contributed by atoms with E-state index in [-0.39, 0.29) is 0 Å². The first-order valence-corrected chi connectivity index (χ1v) is 18.3. The van der Waals surface area contributed by atoms with Crippen LogP contribution >= 0.6 is 0 Å². The Morgan fingerprint density at radius 2 is 1.29 bits per heavy atom. The average Bonchev–Trinajstić information content (AvgIpc) is 2.87. The molecule has 1 aliphatic heterocycles. The number of benzene rings is 2. The summed E-state index contributed by atoms with van der Waals surface area (Å²) in [5.74, 6) is 5.29. The molecule has 126 valence electrons. The maximum atomic E-state index is 2.65. The summed E-state index contributed by atoms with van der Waals surface area (Å²) in [4.78, 5) is 0. The molecular weight excluding hydrogens is 365 g/mol. The van der Waals surface area contributed by atoms with Crippen LogP contribution in [0.25, 0.3) is 5.57 Å². The zero-order valence-electron chi connectivity index (χ0n) is 15.8. The summed E-state index contributed by atoms with van der Waals surface area (Å²) in [5.41, 5.74) is 4.63. The molecule has 0 amide bonds. The minimum absolute atomic E-state index is 1.38. The monoisotopic (exact) mass is 396 g/mol. The molecule has 0 saturated carbocycles. The standard InChI is InChI=1S/C22H30GeSi/c1-6-24(7-2,8-3)22-21(18-14-10-9-11-15-18)19-16-12-13-17-20(19)23(22,4)5/h9-17H,6-8H2,1-5H3. The molecule has 3 rings (SSSR count).